The maximum Gasteiger partial charge on any atom is 0.245 e. The minimum absolute atomic E-state index is 0.145. The standard InChI is InChI=1S/C23H22N4O/c1-15-17-10-6-7-11-18(17)25-20(15)22-21(16-8-4-3-5-9-16)24-14-27(22)19-12-13-26(2)23(19)28/h3-11,14,19,25H,12-13H2,1-2H3. The molecule has 0 saturated carbocycles. The van der Waals surface area contributed by atoms with Crippen LogP contribution in [0.4, 0.5) is 0 Å². The highest BCUT2D eigenvalue weighted by Crippen LogP contribution is 2.38. The van der Waals surface area contributed by atoms with E-state index in [0.717, 1.165) is 41.1 Å². The third-order valence-electron chi connectivity index (χ3n) is 5.78. The highest BCUT2D eigenvalue weighted by molar-refractivity contribution is 5.93. The number of para-hydroxylation sites is 1. The molecule has 28 heavy (non-hydrogen) atoms. The zero-order valence-corrected chi connectivity index (χ0v) is 16.0. The number of aromatic nitrogens is 3. The first-order valence-electron chi connectivity index (χ1n) is 9.60. The van der Waals surface area contributed by atoms with Crippen LogP contribution in [0.15, 0.2) is 60.9 Å². The predicted molar refractivity (Wildman–Crippen MR) is 111 cm³/mol. The van der Waals surface area contributed by atoms with Crippen molar-refractivity contribution in [3.8, 4) is 22.6 Å². The Hall–Kier alpha value is -3.34. The first kappa shape index (κ1) is 16.8. The van der Waals surface area contributed by atoms with Gasteiger partial charge in [0.1, 0.15) is 6.04 Å². The lowest BCUT2D eigenvalue weighted by atomic mass is 10.0. The molecule has 4 aromatic rings. The summed E-state index contributed by atoms with van der Waals surface area (Å²) in [6, 6.07) is 18.3. The fourth-order valence-electron chi connectivity index (χ4n) is 4.23. The van der Waals surface area contributed by atoms with E-state index in [1.807, 2.05) is 37.6 Å². The predicted octanol–water partition coefficient (Wildman–Crippen LogP) is 4.41. The van der Waals surface area contributed by atoms with Crippen LogP contribution in [0.5, 0.6) is 0 Å². The van der Waals surface area contributed by atoms with Crippen LogP contribution >= 0.6 is 0 Å². The Bertz CT molecular complexity index is 1170. The summed E-state index contributed by atoms with van der Waals surface area (Å²) in [5, 5.41) is 1.19. The summed E-state index contributed by atoms with van der Waals surface area (Å²) in [6.07, 6.45) is 2.62. The van der Waals surface area contributed by atoms with Gasteiger partial charge in [-0.3, -0.25) is 4.79 Å². The molecule has 1 unspecified atom stereocenters. The lowest BCUT2D eigenvalue weighted by molar-refractivity contribution is -0.129. The van der Waals surface area contributed by atoms with Gasteiger partial charge in [0.15, 0.2) is 0 Å². The van der Waals surface area contributed by atoms with Crippen molar-refractivity contribution in [1.29, 1.82) is 0 Å². The number of hydrogen-bond donors (Lipinski definition) is 1. The van der Waals surface area contributed by atoms with Gasteiger partial charge in [-0.05, 0) is 25.0 Å². The molecule has 0 bridgehead atoms. The molecular weight excluding hydrogens is 348 g/mol. The molecule has 3 heterocycles. The molecule has 5 heteroatoms. The molecule has 5 nitrogen and oxygen atoms in total. The van der Waals surface area contributed by atoms with Gasteiger partial charge in [-0.15, -0.1) is 0 Å². The van der Waals surface area contributed by atoms with Crippen LogP contribution in [0, 0.1) is 6.92 Å². The molecule has 1 aliphatic heterocycles. The number of aryl methyl sites for hydroxylation is 1. The minimum Gasteiger partial charge on any atom is -0.353 e. The Balaban J connectivity index is 1.77. The van der Waals surface area contributed by atoms with Crippen molar-refractivity contribution in [1.82, 2.24) is 19.4 Å². The molecule has 1 fully saturated rings. The van der Waals surface area contributed by atoms with E-state index in [1.54, 1.807) is 4.90 Å². The number of amides is 1. The maximum absolute atomic E-state index is 12.8. The van der Waals surface area contributed by atoms with Gasteiger partial charge >= 0.3 is 0 Å². The second-order valence-electron chi connectivity index (χ2n) is 7.45. The number of benzene rings is 2. The Morgan fingerprint density at radius 3 is 2.54 bits per heavy atom. The first-order chi connectivity index (χ1) is 13.6. The van der Waals surface area contributed by atoms with Crippen LogP contribution in [-0.2, 0) is 4.79 Å². The number of carbonyl (C=O) groups is 1. The Labute approximate surface area is 163 Å². The number of likely N-dealkylation sites (tertiary alicyclic amines) is 1. The second kappa shape index (κ2) is 6.37. The zero-order chi connectivity index (χ0) is 19.3. The van der Waals surface area contributed by atoms with Crippen LogP contribution in [0.2, 0.25) is 0 Å². The summed E-state index contributed by atoms with van der Waals surface area (Å²) in [5.74, 6) is 0.145. The van der Waals surface area contributed by atoms with Crippen molar-refractivity contribution in [2.24, 2.45) is 0 Å². The second-order valence-corrected chi connectivity index (χ2v) is 7.45. The highest BCUT2D eigenvalue weighted by Gasteiger charge is 2.33. The van der Waals surface area contributed by atoms with Crippen LogP contribution in [0.3, 0.4) is 0 Å². The third-order valence-corrected chi connectivity index (χ3v) is 5.78. The SMILES string of the molecule is Cc1c(-c2c(-c3ccccc3)ncn2C2CCN(C)C2=O)[nH]c2ccccc12. The van der Waals surface area contributed by atoms with E-state index in [4.69, 9.17) is 4.98 Å². The van der Waals surface area contributed by atoms with Gasteiger partial charge < -0.3 is 14.5 Å². The Morgan fingerprint density at radius 2 is 1.82 bits per heavy atom. The van der Waals surface area contributed by atoms with Crippen molar-refractivity contribution in [3.63, 3.8) is 0 Å². The fourth-order valence-corrected chi connectivity index (χ4v) is 4.23. The molecule has 0 spiro atoms. The average Bonchev–Trinajstić information content (AvgIpc) is 3.39. The monoisotopic (exact) mass is 370 g/mol. The lowest BCUT2D eigenvalue weighted by Crippen LogP contribution is -2.24. The summed E-state index contributed by atoms with van der Waals surface area (Å²) >= 11 is 0. The van der Waals surface area contributed by atoms with Crippen molar-refractivity contribution >= 4 is 16.8 Å². The van der Waals surface area contributed by atoms with Crippen LogP contribution in [0.1, 0.15) is 18.0 Å². The molecule has 1 aliphatic rings. The molecule has 5 rings (SSSR count). The number of carbonyl (C=O) groups excluding carboxylic acids is 1. The van der Waals surface area contributed by atoms with Crippen molar-refractivity contribution in [2.45, 2.75) is 19.4 Å². The van der Waals surface area contributed by atoms with Gasteiger partial charge in [0.25, 0.3) is 0 Å². The van der Waals surface area contributed by atoms with E-state index >= 15 is 0 Å². The molecule has 2 aromatic heterocycles. The molecule has 2 aromatic carbocycles. The molecule has 1 N–H and O–H groups in total. The van der Waals surface area contributed by atoms with Crippen LogP contribution in [0.25, 0.3) is 33.5 Å². The summed E-state index contributed by atoms with van der Waals surface area (Å²) in [4.78, 5) is 22.9. The van der Waals surface area contributed by atoms with Crippen LogP contribution in [-0.4, -0.2) is 38.9 Å². The van der Waals surface area contributed by atoms with Gasteiger partial charge in [0.2, 0.25) is 5.91 Å². The molecule has 0 aliphatic carbocycles. The number of H-pyrrole nitrogens is 1. The summed E-state index contributed by atoms with van der Waals surface area (Å²) in [5.41, 5.74) is 6.23. The molecule has 0 radical (unpaired) electrons. The zero-order valence-electron chi connectivity index (χ0n) is 16.0. The topological polar surface area (TPSA) is 53.9 Å². The van der Waals surface area contributed by atoms with E-state index in [2.05, 4.69) is 46.8 Å². The molecule has 1 atom stereocenters. The maximum atomic E-state index is 12.8. The fraction of sp³-hybridized carbons (Fsp3) is 0.217. The number of rotatable bonds is 3. The van der Waals surface area contributed by atoms with Gasteiger partial charge in [0.05, 0.1) is 23.4 Å². The van der Waals surface area contributed by atoms with Crippen molar-refractivity contribution in [3.05, 3.63) is 66.5 Å². The van der Waals surface area contributed by atoms with Crippen molar-refractivity contribution in [2.75, 3.05) is 13.6 Å². The summed E-state index contributed by atoms with van der Waals surface area (Å²) in [7, 11) is 1.87. The largest absolute Gasteiger partial charge is 0.353 e. The van der Waals surface area contributed by atoms with Gasteiger partial charge in [-0.1, -0.05) is 48.5 Å². The number of likely N-dealkylation sites (N-methyl/N-ethyl adjacent to an activating group) is 1. The Morgan fingerprint density at radius 1 is 1.07 bits per heavy atom. The van der Waals surface area contributed by atoms with E-state index in [-0.39, 0.29) is 11.9 Å². The van der Waals surface area contributed by atoms with E-state index < -0.39 is 0 Å². The molecule has 1 saturated heterocycles. The van der Waals surface area contributed by atoms with E-state index in [9.17, 15) is 4.79 Å². The molecular formula is C23H22N4O. The first-order valence-corrected chi connectivity index (χ1v) is 9.60. The van der Waals surface area contributed by atoms with Gasteiger partial charge in [-0.2, -0.15) is 0 Å². The van der Waals surface area contributed by atoms with E-state index in [1.165, 1.54) is 10.9 Å². The Kier molecular flexibility index (Phi) is 3.83. The summed E-state index contributed by atoms with van der Waals surface area (Å²) in [6.45, 7) is 2.90. The normalized spacial score (nSPS) is 17.0. The third kappa shape index (κ3) is 2.47. The number of fused-ring (bicyclic) bond motifs is 1. The molecule has 140 valence electrons. The summed E-state index contributed by atoms with van der Waals surface area (Å²) < 4.78 is 2.06. The van der Waals surface area contributed by atoms with Gasteiger partial charge in [0, 0.05) is 30.1 Å². The van der Waals surface area contributed by atoms with Gasteiger partial charge in [-0.25, -0.2) is 4.98 Å². The lowest BCUT2D eigenvalue weighted by Gasteiger charge is -2.16. The number of hydrogen-bond acceptors (Lipinski definition) is 2. The number of imidazole rings is 1. The minimum atomic E-state index is -0.212. The number of aromatic amines is 1. The number of nitrogens with zero attached hydrogens (tertiary/aromatic N) is 3. The van der Waals surface area contributed by atoms with E-state index in [0.29, 0.717) is 0 Å². The smallest absolute Gasteiger partial charge is 0.245 e. The van der Waals surface area contributed by atoms with Crippen LogP contribution < -0.4 is 0 Å². The van der Waals surface area contributed by atoms with Crippen molar-refractivity contribution < 1.29 is 4.79 Å². The quantitative estimate of drug-likeness (QED) is 0.581. The average molecular weight is 370 g/mol. The highest BCUT2D eigenvalue weighted by atomic mass is 16.2. The molecule has 1 amide bonds. The number of nitrogens with one attached hydrogen (secondary N) is 1.